The maximum atomic E-state index is 12.5. The van der Waals surface area contributed by atoms with Gasteiger partial charge in [-0.15, -0.1) is 11.8 Å². The SMILES string of the molecule is CC(C)(SCc1ncc[nH]1)C(=O)N[C@@H](Cc1ccccc1)C(=O)O. The van der Waals surface area contributed by atoms with E-state index in [2.05, 4.69) is 15.3 Å². The van der Waals surface area contributed by atoms with E-state index in [1.165, 1.54) is 11.8 Å². The molecule has 0 unspecified atom stereocenters. The van der Waals surface area contributed by atoms with Crippen LogP contribution in [0.3, 0.4) is 0 Å². The van der Waals surface area contributed by atoms with Gasteiger partial charge in [0.2, 0.25) is 5.91 Å². The van der Waals surface area contributed by atoms with Gasteiger partial charge in [-0.3, -0.25) is 4.79 Å². The molecule has 128 valence electrons. The monoisotopic (exact) mass is 347 g/mol. The fraction of sp³-hybridized carbons (Fsp3) is 0.353. The van der Waals surface area contributed by atoms with Gasteiger partial charge in [-0.25, -0.2) is 9.78 Å². The van der Waals surface area contributed by atoms with E-state index >= 15 is 0 Å². The van der Waals surface area contributed by atoms with Crippen molar-refractivity contribution in [1.29, 1.82) is 0 Å². The van der Waals surface area contributed by atoms with Crippen LogP contribution >= 0.6 is 11.8 Å². The number of aliphatic carboxylic acids is 1. The number of H-pyrrole nitrogens is 1. The molecule has 2 aromatic rings. The van der Waals surface area contributed by atoms with Crippen LogP contribution in [0.15, 0.2) is 42.7 Å². The fourth-order valence-electron chi connectivity index (χ4n) is 2.07. The molecule has 3 N–H and O–H groups in total. The lowest BCUT2D eigenvalue weighted by Gasteiger charge is -2.25. The number of thioether (sulfide) groups is 1. The minimum Gasteiger partial charge on any atom is -0.480 e. The van der Waals surface area contributed by atoms with Gasteiger partial charge in [-0.05, 0) is 19.4 Å². The summed E-state index contributed by atoms with van der Waals surface area (Å²) in [6.07, 6.45) is 3.63. The number of nitrogens with one attached hydrogen (secondary N) is 2. The van der Waals surface area contributed by atoms with Crippen LogP contribution in [0, 0.1) is 0 Å². The lowest BCUT2D eigenvalue weighted by Crippen LogP contribution is -2.49. The number of carboxylic acids is 1. The molecule has 2 rings (SSSR count). The Kier molecular flexibility index (Phi) is 6.03. The van der Waals surface area contributed by atoms with E-state index in [-0.39, 0.29) is 12.3 Å². The van der Waals surface area contributed by atoms with Gasteiger partial charge in [0.1, 0.15) is 11.9 Å². The lowest BCUT2D eigenvalue weighted by atomic mass is 10.0. The van der Waals surface area contributed by atoms with Crippen LogP contribution in [-0.4, -0.2) is 37.7 Å². The number of rotatable bonds is 8. The second-order valence-corrected chi connectivity index (χ2v) is 7.49. The molecule has 1 heterocycles. The van der Waals surface area contributed by atoms with Crippen molar-refractivity contribution >= 4 is 23.6 Å². The van der Waals surface area contributed by atoms with Crippen LogP contribution < -0.4 is 5.32 Å². The first-order valence-electron chi connectivity index (χ1n) is 7.58. The van der Waals surface area contributed by atoms with Crippen molar-refractivity contribution in [3.63, 3.8) is 0 Å². The normalized spacial score (nSPS) is 12.6. The average Bonchev–Trinajstić information content (AvgIpc) is 3.06. The molecule has 6 nitrogen and oxygen atoms in total. The Morgan fingerprint density at radius 3 is 2.62 bits per heavy atom. The van der Waals surface area contributed by atoms with E-state index in [4.69, 9.17) is 0 Å². The first kappa shape index (κ1) is 18.1. The van der Waals surface area contributed by atoms with E-state index in [1.807, 2.05) is 30.3 Å². The topological polar surface area (TPSA) is 95.1 Å². The van der Waals surface area contributed by atoms with Crippen molar-refractivity contribution in [1.82, 2.24) is 15.3 Å². The van der Waals surface area contributed by atoms with Gasteiger partial charge in [0, 0.05) is 18.8 Å². The van der Waals surface area contributed by atoms with Crippen molar-refractivity contribution in [2.24, 2.45) is 0 Å². The zero-order chi connectivity index (χ0) is 17.6. The number of imidazole rings is 1. The molecular formula is C17H21N3O3S. The first-order chi connectivity index (χ1) is 11.4. The second-order valence-electron chi connectivity index (χ2n) is 5.89. The number of carboxylic acid groups (broad SMARTS) is 1. The fourth-order valence-corrected chi connectivity index (χ4v) is 2.92. The second kappa shape index (κ2) is 8.01. The third kappa shape index (κ3) is 5.13. The third-order valence-electron chi connectivity index (χ3n) is 3.56. The molecule has 0 bridgehead atoms. The number of nitrogens with zero attached hydrogens (tertiary/aromatic N) is 1. The molecule has 0 radical (unpaired) electrons. The summed E-state index contributed by atoms with van der Waals surface area (Å²) in [5.41, 5.74) is 0.867. The Bertz CT molecular complexity index is 672. The minimum atomic E-state index is -1.04. The number of aromatic amines is 1. The van der Waals surface area contributed by atoms with Gasteiger partial charge in [0.05, 0.1) is 10.5 Å². The summed E-state index contributed by atoms with van der Waals surface area (Å²) < 4.78 is -0.767. The van der Waals surface area contributed by atoms with Crippen molar-refractivity contribution in [2.45, 2.75) is 36.8 Å². The highest BCUT2D eigenvalue weighted by Gasteiger charge is 2.32. The predicted molar refractivity (Wildman–Crippen MR) is 93.7 cm³/mol. The van der Waals surface area contributed by atoms with Gasteiger partial charge in [0.25, 0.3) is 0 Å². The number of carbonyl (C=O) groups excluding carboxylic acids is 1. The molecule has 1 atom stereocenters. The molecule has 1 aromatic carbocycles. The highest BCUT2D eigenvalue weighted by atomic mass is 32.2. The summed E-state index contributed by atoms with van der Waals surface area (Å²) >= 11 is 1.41. The molecule has 0 aliphatic carbocycles. The summed E-state index contributed by atoms with van der Waals surface area (Å²) in [5.74, 6) is -0.0227. The largest absolute Gasteiger partial charge is 0.480 e. The van der Waals surface area contributed by atoms with E-state index < -0.39 is 16.8 Å². The first-order valence-corrected chi connectivity index (χ1v) is 8.57. The van der Waals surface area contributed by atoms with Crippen molar-refractivity contribution in [2.75, 3.05) is 0 Å². The Morgan fingerprint density at radius 1 is 1.33 bits per heavy atom. The molecule has 7 heteroatoms. The molecule has 0 fully saturated rings. The van der Waals surface area contributed by atoms with Crippen molar-refractivity contribution in [3.8, 4) is 0 Å². The lowest BCUT2D eigenvalue weighted by molar-refractivity contribution is -0.142. The Hall–Kier alpha value is -2.28. The summed E-state index contributed by atoms with van der Waals surface area (Å²) in [7, 11) is 0. The third-order valence-corrected chi connectivity index (χ3v) is 4.88. The van der Waals surface area contributed by atoms with Crippen LogP contribution in [0.25, 0.3) is 0 Å². The molecule has 0 saturated heterocycles. The van der Waals surface area contributed by atoms with E-state index in [1.54, 1.807) is 26.2 Å². The quantitative estimate of drug-likeness (QED) is 0.681. The van der Waals surface area contributed by atoms with E-state index in [0.29, 0.717) is 5.75 Å². The predicted octanol–water partition coefficient (Wildman–Crippen LogP) is 2.23. The summed E-state index contributed by atoms with van der Waals surface area (Å²) in [6.45, 7) is 3.55. The molecule has 24 heavy (non-hydrogen) atoms. The highest BCUT2D eigenvalue weighted by molar-refractivity contribution is 8.00. The Labute approximate surface area is 145 Å². The smallest absolute Gasteiger partial charge is 0.326 e. The molecule has 0 aliphatic heterocycles. The number of carbonyl (C=O) groups is 2. The zero-order valence-corrected chi connectivity index (χ0v) is 14.5. The van der Waals surface area contributed by atoms with Crippen molar-refractivity contribution < 1.29 is 14.7 Å². The summed E-state index contributed by atoms with van der Waals surface area (Å²) in [4.78, 5) is 31.1. The zero-order valence-electron chi connectivity index (χ0n) is 13.7. The molecule has 0 saturated carbocycles. The average molecular weight is 347 g/mol. The highest BCUT2D eigenvalue weighted by Crippen LogP contribution is 2.27. The van der Waals surface area contributed by atoms with Crippen LogP contribution in [0.2, 0.25) is 0 Å². The maximum Gasteiger partial charge on any atom is 0.326 e. The van der Waals surface area contributed by atoms with Crippen molar-refractivity contribution in [3.05, 3.63) is 54.1 Å². The van der Waals surface area contributed by atoms with Crippen LogP contribution in [-0.2, 0) is 21.8 Å². The van der Waals surface area contributed by atoms with E-state index in [0.717, 1.165) is 11.4 Å². The van der Waals surface area contributed by atoms with E-state index in [9.17, 15) is 14.7 Å². The van der Waals surface area contributed by atoms with Gasteiger partial charge < -0.3 is 15.4 Å². The number of benzene rings is 1. The van der Waals surface area contributed by atoms with Crippen LogP contribution in [0.1, 0.15) is 25.2 Å². The summed E-state index contributed by atoms with van der Waals surface area (Å²) in [5, 5.41) is 12.0. The number of aromatic nitrogens is 2. The van der Waals surface area contributed by atoms with Crippen LogP contribution in [0.4, 0.5) is 0 Å². The standard InChI is InChI=1S/C17H21N3O3S/c1-17(2,24-11-14-18-8-9-19-14)16(23)20-13(15(21)22)10-12-6-4-3-5-7-12/h3-9,13H,10-11H2,1-2H3,(H,18,19)(H,20,23)(H,21,22)/t13-/m0/s1. The number of hydrogen-bond acceptors (Lipinski definition) is 4. The number of amides is 1. The molecular weight excluding hydrogens is 326 g/mol. The van der Waals surface area contributed by atoms with Gasteiger partial charge >= 0.3 is 5.97 Å². The molecule has 1 amide bonds. The van der Waals surface area contributed by atoms with Crippen LogP contribution in [0.5, 0.6) is 0 Å². The van der Waals surface area contributed by atoms with Gasteiger partial charge in [0.15, 0.2) is 0 Å². The van der Waals surface area contributed by atoms with Gasteiger partial charge in [-0.2, -0.15) is 0 Å². The Morgan fingerprint density at radius 2 is 2.04 bits per heavy atom. The maximum absolute atomic E-state index is 12.5. The molecule has 0 aliphatic rings. The number of hydrogen-bond donors (Lipinski definition) is 3. The summed E-state index contributed by atoms with van der Waals surface area (Å²) in [6, 6.07) is 8.30. The Balaban J connectivity index is 1.96. The molecule has 0 spiro atoms. The van der Waals surface area contributed by atoms with Gasteiger partial charge in [-0.1, -0.05) is 30.3 Å². The molecule has 1 aromatic heterocycles. The minimum absolute atomic E-state index is 0.251.